The SMILES string of the molecule is COc1c(CN(C(=O)c2ccccc2)C2C=CC=CC(Br)=C2)ccc2c1OC(C)(O)C=C2. The van der Waals surface area contributed by atoms with Crippen molar-refractivity contribution in [3.8, 4) is 11.5 Å². The molecule has 2 aromatic carbocycles. The van der Waals surface area contributed by atoms with Gasteiger partial charge in [-0.05, 0) is 36.4 Å². The number of carbonyl (C=O) groups excluding carboxylic acids is 1. The highest BCUT2D eigenvalue weighted by molar-refractivity contribution is 9.11. The molecular formula is C26H24BrNO4. The van der Waals surface area contributed by atoms with E-state index < -0.39 is 5.79 Å². The molecule has 4 rings (SSSR count). The zero-order chi connectivity index (χ0) is 22.7. The Balaban J connectivity index is 1.76. The van der Waals surface area contributed by atoms with E-state index in [0.29, 0.717) is 17.1 Å². The lowest BCUT2D eigenvalue weighted by molar-refractivity contribution is -0.0801. The number of nitrogens with zero attached hydrogens (tertiary/aromatic N) is 1. The summed E-state index contributed by atoms with van der Waals surface area (Å²) >= 11 is 3.54. The van der Waals surface area contributed by atoms with E-state index in [1.165, 1.54) is 0 Å². The Hall–Kier alpha value is -3.09. The first-order valence-electron chi connectivity index (χ1n) is 10.3. The van der Waals surface area contributed by atoms with Gasteiger partial charge in [0.05, 0.1) is 19.7 Å². The van der Waals surface area contributed by atoms with E-state index in [1.807, 2.05) is 72.8 Å². The highest BCUT2D eigenvalue weighted by Crippen LogP contribution is 2.41. The Bertz CT molecular complexity index is 1130. The maximum absolute atomic E-state index is 13.6. The molecule has 1 N–H and O–H groups in total. The Morgan fingerprint density at radius 1 is 1.19 bits per heavy atom. The fourth-order valence-corrected chi connectivity index (χ4v) is 4.15. The van der Waals surface area contributed by atoms with Crippen molar-refractivity contribution < 1.29 is 19.4 Å². The van der Waals surface area contributed by atoms with Gasteiger partial charge in [0.1, 0.15) is 0 Å². The van der Waals surface area contributed by atoms with Crippen molar-refractivity contribution in [3.63, 3.8) is 0 Å². The Morgan fingerprint density at radius 3 is 2.72 bits per heavy atom. The molecule has 1 amide bonds. The number of hydrogen-bond donors (Lipinski definition) is 1. The van der Waals surface area contributed by atoms with Gasteiger partial charge in [-0.1, -0.05) is 64.5 Å². The minimum Gasteiger partial charge on any atom is -0.492 e. The molecule has 1 heterocycles. The maximum atomic E-state index is 13.6. The molecule has 6 heteroatoms. The summed E-state index contributed by atoms with van der Waals surface area (Å²) in [7, 11) is 1.56. The number of hydrogen-bond acceptors (Lipinski definition) is 4. The van der Waals surface area contributed by atoms with Gasteiger partial charge in [-0.15, -0.1) is 0 Å². The van der Waals surface area contributed by atoms with Gasteiger partial charge in [-0.25, -0.2) is 0 Å². The number of aliphatic hydroxyl groups is 1. The van der Waals surface area contributed by atoms with Crippen molar-refractivity contribution in [2.45, 2.75) is 25.3 Å². The lowest BCUT2D eigenvalue weighted by Crippen LogP contribution is -2.38. The number of rotatable bonds is 5. The van der Waals surface area contributed by atoms with Gasteiger partial charge >= 0.3 is 0 Å². The number of fused-ring (bicyclic) bond motifs is 1. The monoisotopic (exact) mass is 493 g/mol. The summed E-state index contributed by atoms with van der Waals surface area (Å²) in [5, 5.41) is 10.4. The first kappa shape index (κ1) is 22.1. The molecule has 164 valence electrons. The molecule has 5 nitrogen and oxygen atoms in total. The number of allylic oxidation sites excluding steroid dienone is 4. The molecule has 0 bridgehead atoms. The number of amides is 1. The summed E-state index contributed by atoms with van der Waals surface area (Å²) in [6, 6.07) is 12.7. The van der Waals surface area contributed by atoms with Crippen LogP contribution in [0.4, 0.5) is 0 Å². The van der Waals surface area contributed by atoms with Crippen molar-refractivity contribution in [1.29, 1.82) is 0 Å². The van der Waals surface area contributed by atoms with Crippen LogP contribution in [0.5, 0.6) is 11.5 Å². The van der Waals surface area contributed by atoms with Crippen LogP contribution in [0.25, 0.3) is 6.08 Å². The summed E-state index contributed by atoms with van der Waals surface area (Å²) in [5.74, 6) is -0.579. The Morgan fingerprint density at radius 2 is 1.97 bits per heavy atom. The minimum absolute atomic E-state index is 0.105. The van der Waals surface area contributed by atoms with Crippen LogP contribution in [0.1, 0.15) is 28.4 Å². The first-order chi connectivity index (χ1) is 15.4. The van der Waals surface area contributed by atoms with Crippen LogP contribution in [0.2, 0.25) is 0 Å². The normalized spacial score (nSPS) is 21.2. The predicted octanol–water partition coefficient (Wildman–Crippen LogP) is 5.23. The summed E-state index contributed by atoms with van der Waals surface area (Å²) in [5.41, 5.74) is 2.18. The molecule has 0 spiro atoms. The van der Waals surface area contributed by atoms with Crippen LogP contribution in [-0.4, -0.2) is 34.9 Å². The van der Waals surface area contributed by atoms with E-state index in [4.69, 9.17) is 9.47 Å². The van der Waals surface area contributed by atoms with Gasteiger partial charge in [0.15, 0.2) is 11.5 Å². The van der Waals surface area contributed by atoms with Gasteiger partial charge in [0, 0.05) is 28.1 Å². The van der Waals surface area contributed by atoms with Crippen LogP contribution in [0.15, 0.2) is 83.4 Å². The zero-order valence-electron chi connectivity index (χ0n) is 17.9. The molecule has 32 heavy (non-hydrogen) atoms. The van der Waals surface area contributed by atoms with Gasteiger partial charge in [-0.2, -0.15) is 0 Å². The van der Waals surface area contributed by atoms with Gasteiger partial charge in [0.25, 0.3) is 5.91 Å². The maximum Gasteiger partial charge on any atom is 0.254 e. The van der Waals surface area contributed by atoms with E-state index in [2.05, 4.69) is 15.9 Å². The predicted molar refractivity (Wildman–Crippen MR) is 129 cm³/mol. The lowest BCUT2D eigenvalue weighted by Gasteiger charge is -2.31. The molecule has 0 saturated heterocycles. The van der Waals surface area contributed by atoms with Crippen molar-refractivity contribution in [1.82, 2.24) is 4.90 Å². The number of methoxy groups -OCH3 is 1. The Kier molecular flexibility index (Phi) is 6.35. The van der Waals surface area contributed by atoms with Crippen LogP contribution in [0, 0.1) is 0 Å². The summed E-state index contributed by atoms with van der Waals surface area (Å²) in [6.45, 7) is 1.85. The van der Waals surface area contributed by atoms with E-state index in [-0.39, 0.29) is 18.5 Å². The average Bonchev–Trinajstić information content (AvgIpc) is 3.00. The third kappa shape index (κ3) is 4.71. The molecule has 0 radical (unpaired) electrons. The number of halogens is 1. The van der Waals surface area contributed by atoms with Crippen molar-refractivity contribution in [2.24, 2.45) is 0 Å². The van der Waals surface area contributed by atoms with E-state index in [0.717, 1.165) is 15.6 Å². The molecule has 2 atom stereocenters. The largest absolute Gasteiger partial charge is 0.492 e. The van der Waals surface area contributed by atoms with Gasteiger partial charge in [0.2, 0.25) is 5.79 Å². The highest BCUT2D eigenvalue weighted by atomic mass is 79.9. The minimum atomic E-state index is -1.43. The quantitative estimate of drug-likeness (QED) is 0.619. The molecule has 2 aromatic rings. The van der Waals surface area contributed by atoms with Crippen LogP contribution in [-0.2, 0) is 6.54 Å². The fourth-order valence-electron chi connectivity index (χ4n) is 3.72. The smallest absolute Gasteiger partial charge is 0.254 e. The molecule has 1 aliphatic heterocycles. The van der Waals surface area contributed by atoms with Crippen molar-refractivity contribution in [2.75, 3.05) is 7.11 Å². The van der Waals surface area contributed by atoms with Crippen LogP contribution >= 0.6 is 15.9 Å². The zero-order valence-corrected chi connectivity index (χ0v) is 19.5. The second-order valence-corrected chi connectivity index (χ2v) is 8.67. The standard InChI is InChI=1S/C26H24BrNO4/c1-26(30)15-14-18-12-13-20(23(31-2)24(18)32-26)17-28(22-11-7-6-10-21(27)16-22)25(29)19-8-4-3-5-9-19/h3-16,22,30H,17H2,1-2H3. The fraction of sp³-hybridized carbons (Fsp3) is 0.192. The second-order valence-electron chi connectivity index (χ2n) is 7.75. The summed E-state index contributed by atoms with van der Waals surface area (Å²) in [6.07, 6.45) is 13.1. The number of carbonyl (C=O) groups is 1. The average molecular weight is 494 g/mol. The molecule has 2 aliphatic rings. The summed E-state index contributed by atoms with van der Waals surface area (Å²) in [4.78, 5) is 15.3. The lowest BCUT2D eigenvalue weighted by atomic mass is 10.0. The van der Waals surface area contributed by atoms with E-state index in [1.54, 1.807) is 31.1 Å². The molecular weight excluding hydrogens is 470 g/mol. The molecule has 0 aromatic heterocycles. The second kappa shape index (κ2) is 9.18. The number of ether oxygens (including phenoxy) is 2. The first-order valence-corrected chi connectivity index (χ1v) is 11.1. The van der Waals surface area contributed by atoms with Crippen LogP contribution in [0.3, 0.4) is 0 Å². The summed E-state index contributed by atoms with van der Waals surface area (Å²) < 4.78 is 12.4. The highest BCUT2D eigenvalue weighted by Gasteiger charge is 2.30. The van der Waals surface area contributed by atoms with Crippen molar-refractivity contribution in [3.05, 3.63) is 100 Å². The van der Waals surface area contributed by atoms with E-state index >= 15 is 0 Å². The molecule has 0 fully saturated rings. The topological polar surface area (TPSA) is 59.0 Å². The Labute approximate surface area is 196 Å². The van der Waals surface area contributed by atoms with Crippen molar-refractivity contribution >= 4 is 27.9 Å². The van der Waals surface area contributed by atoms with Crippen LogP contribution < -0.4 is 9.47 Å². The molecule has 0 saturated carbocycles. The van der Waals surface area contributed by atoms with Gasteiger partial charge in [-0.3, -0.25) is 4.79 Å². The third-order valence-corrected chi connectivity index (χ3v) is 5.82. The molecule has 2 unspecified atom stereocenters. The van der Waals surface area contributed by atoms with Gasteiger partial charge < -0.3 is 19.5 Å². The molecule has 1 aliphatic carbocycles. The number of benzene rings is 2. The third-order valence-electron chi connectivity index (χ3n) is 5.30. The van der Waals surface area contributed by atoms with E-state index in [9.17, 15) is 9.90 Å².